The molecule has 0 saturated carbocycles. The molecule has 0 saturated heterocycles. The number of anilines is 1. The van der Waals surface area contributed by atoms with E-state index in [2.05, 4.69) is 25.9 Å². The van der Waals surface area contributed by atoms with Crippen molar-refractivity contribution >= 4 is 23.6 Å². The molecule has 0 fully saturated rings. The highest BCUT2D eigenvalue weighted by molar-refractivity contribution is 6.03. The molecule has 1 heterocycles. The number of carboxylic acids is 1. The number of rotatable bonds is 8. The molecule has 9 nitrogen and oxygen atoms in total. The number of nitrogens with zero attached hydrogens (tertiary/aromatic N) is 2. The second-order valence-corrected chi connectivity index (χ2v) is 7.40. The summed E-state index contributed by atoms with van der Waals surface area (Å²) < 4.78 is 5.53. The van der Waals surface area contributed by atoms with Crippen molar-refractivity contribution in [2.24, 2.45) is 10.9 Å². The zero-order valence-corrected chi connectivity index (χ0v) is 18.2. The number of pyridine rings is 1. The highest BCUT2D eigenvalue weighted by Gasteiger charge is 2.13. The lowest BCUT2D eigenvalue weighted by Gasteiger charge is -2.14. The third-order valence-corrected chi connectivity index (χ3v) is 4.12. The summed E-state index contributed by atoms with van der Waals surface area (Å²) in [5.41, 5.74) is 2.73. The predicted octanol–water partition coefficient (Wildman–Crippen LogP) is 3.17. The fourth-order valence-electron chi connectivity index (χ4n) is 2.36. The van der Waals surface area contributed by atoms with Gasteiger partial charge < -0.3 is 20.5 Å². The maximum absolute atomic E-state index is 12.2. The minimum atomic E-state index is -0.985. The van der Waals surface area contributed by atoms with Crippen LogP contribution in [0.5, 0.6) is 5.88 Å². The number of urea groups is 1. The molecule has 0 spiro atoms. The molecule has 0 aliphatic heterocycles. The lowest BCUT2D eigenvalue weighted by atomic mass is 10.1. The summed E-state index contributed by atoms with van der Waals surface area (Å²) in [7, 11) is 0. The van der Waals surface area contributed by atoms with Gasteiger partial charge in [0.1, 0.15) is 0 Å². The van der Waals surface area contributed by atoms with Crippen molar-refractivity contribution in [3.63, 3.8) is 0 Å². The molecule has 0 aliphatic rings. The zero-order valence-electron chi connectivity index (χ0n) is 18.2. The van der Waals surface area contributed by atoms with Crippen LogP contribution in [0.2, 0.25) is 0 Å². The summed E-state index contributed by atoms with van der Waals surface area (Å²) in [5, 5.41) is 17.1. The van der Waals surface area contributed by atoms with Crippen LogP contribution in [0.3, 0.4) is 0 Å². The molecule has 166 valence electrons. The SMILES string of the molecule is Cc1ccc(CN=C(NC(=O)NC[C@H](C)C(=O)O)Nc2ccc(OC(C)C)nc2)cc1. The normalized spacial score (nSPS) is 12.2. The van der Waals surface area contributed by atoms with Gasteiger partial charge >= 0.3 is 12.0 Å². The Bertz CT molecular complexity index is 895. The smallest absolute Gasteiger partial charge is 0.321 e. The minimum absolute atomic E-state index is 0.00476. The summed E-state index contributed by atoms with van der Waals surface area (Å²) in [6.45, 7) is 7.68. The Morgan fingerprint density at radius 2 is 1.84 bits per heavy atom. The van der Waals surface area contributed by atoms with Crippen LogP contribution in [0.25, 0.3) is 0 Å². The highest BCUT2D eigenvalue weighted by atomic mass is 16.5. The number of nitrogens with one attached hydrogen (secondary N) is 3. The number of aromatic nitrogens is 1. The maximum atomic E-state index is 12.2. The minimum Gasteiger partial charge on any atom is -0.481 e. The third kappa shape index (κ3) is 8.73. The van der Waals surface area contributed by atoms with Crippen LogP contribution in [0.1, 0.15) is 31.9 Å². The first-order valence-corrected chi connectivity index (χ1v) is 10.0. The van der Waals surface area contributed by atoms with Crippen LogP contribution < -0.4 is 20.7 Å². The van der Waals surface area contributed by atoms with Gasteiger partial charge in [-0.2, -0.15) is 0 Å². The summed E-state index contributed by atoms with van der Waals surface area (Å²) in [6, 6.07) is 10.8. The van der Waals surface area contributed by atoms with E-state index in [0.717, 1.165) is 11.1 Å². The van der Waals surface area contributed by atoms with E-state index in [1.165, 1.54) is 6.92 Å². The molecular weight excluding hydrogens is 398 g/mol. The highest BCUT2D eigenvalue weighted by Crippen LogP contribution is 2.13. The monoisotopic (exact) mass is 427 g/mol. The fourth-order valence-corrected chi connectivity index (χ4v) is 2.36. The first kappa shape index (κ1) is 23.7. The first-order valence-electron chi connectivity index (χ1n) is 10.0. The Morgan fingerprint density at radius 1 is 1.13 bits per heavy atom. The van der Waals surface area contributed by atoms with Crippen molar-refractivity contribution in [1.29, 1.82) is 0 Å². The third-order valence-electron chi connectivity index (χ3n) is 4.12. The van der Waals surface area contributed by atoms with Crippen molar-refractivity contribution in [2.45, 2.75) is 40.3 Å². The van der Waals surface area contributed by atoms with Gasteiger partial charge in [0.25, 0.3) is 0 Å². The number of carboxylic acid groups (broad SMARTS) is 1. The number of carbonyl (C=O) groups is 2. The second kappa shape index (κ2) is 11.5. The molecule has 0 radical (unpaired) electrons. The van der Waals surface area contributed by atoms with Crippen molar-refractivity contribution < 1.29 is 19.4 Å². The number of hydrogen-bond donors (Lipinski definition) is 4. The quantitative estimate of drug-likeness (QED) is 0.379. The molecule has 1 aromatic carbocycles. The van der Waals surface area contributed by atoms with E-state index in [-0.39, 0.29) is 18.6 Å². The largest absolute Gasteiger partial charge is 0.481 e. The Morgan fingerprint density at radius 3 is 2.42 bits per heavy atom. The molecule has 0 aliphatic carbocycles. The number of hydrogen-bond acceptors (Lipinski definition) is 5. The van der Waals surface area contributed by atoms with Gasteiger partial charge in [-0.15, -0.1) is 0 Å². The van der Waals surface area contributed by atoms with Gasteiger partial charge in [0.2, 0.25) is 11.8 Å². The van der Waals surface area contributed by atoms with Crippen LogP contribution >= 0.6 is 0 Å². The summed E-state index contributed by atoms with van der Waals surface area (Å²) in [4.78, 5) is 31.8. The average Bonchev–Trinajstić information content (AvgIpc) is 2.72. The van der Waals surface area contributed by atoms with E-state index in [0.29, 0.717) is 18.1 Å². The number of aliphatic imine (C=N–C) groups is 1. The van der Waals surface area contributed by atoms with E-state index in [1.54, 1.807) is 18.3 Å². The van der Waals surface area contributed by atoms with E-state index in [1.807, 2.05) is 45.0 Å². The molecule has 0 bridgehead atoms. The van der Waals surface area contributed by atoms with E-state index in [9.17, 15) is 9.59 Å². The second-order valence-electron chi connectivity index (χ2n) is 7.40. The summed E-state index contributed by atoms with van der Waals surface area (Å²) in [6.07, 6.45) is 1.59. The lowest BCUT2D eigenvalue weighted by molar-refractivity contribution is -0.140. The molecule has 2 rings (SSSR count). The van der Waals surface area contributed by atoms with Crippen molar-refractivity contribution in [3.8, 4) is 5.88 Å². The Labute approximate surface area is 181 Å². The van der Waals surface area contributed by atoms with Crippen LogP contribution in [-0.2, 0) is 11.3 Å². The molecule has 31 heavy (non-hydrogen) atoms. The number of aliphatic carboxylic acids is 1. The van der Waals surface area contributed by atoms with Crippen molar-refractivity contribution in [1.82, 2.24) is 15.6 Å². The lowest BCUT2D eigenvalue weighted by Crippen LogP contribution is -2.44. The Kier molecular flexibility index (Phi) is 8.80. The molecule has 2 aromatic rings. The van der Waals surface area contributed by atoms with Crippen LogP contribution in [-0.4, -0.2) is 40.7 Å². The Hall–Kier alpha value is -3.62. The van der Waals surface area contributed by atoms with E-state index < -0.39 is 17.9 Å². The molecule has 1 atom stereocenters. The predicted molar refractivity (Wildman–Crippen MR) is 119 cm³/mol. The van der Waals surface area contributed by atoms with Crippen LogP contribution in [0.4, 0.5) is 10.5 Å². The number of aryl methyl sites for hydroxylation is 1. The van der Waals surface area contributed by atoms with Gasteiger partial charge in [0, 0.05) is 12.6 Å². The van der Waals surface area contributed by atoms with Crippen molar-refractivity contribution in [2.75, 3.05) is 11.9 Å². The summed E-state index contributed by atoms with van der Waals surface area (Å²) >= 11 is 0. The molecule has 4 N–H and O–H groups in total. The van der Waals surface area contributed by atoms with E-state index in [4.69, 9.17) is 9.84 Å². The first-order chi connectivity index (χ1) is 14.7. The number of amides is 2. The average molecular weight is 428 g/mol. The van der Waals surface area contributed by atoms with Gasteiger partial charge in [0.05, 0.1) is 30.5 Å². The van der Waals surface area contributed by atoms with Gasteiger partial charge in [-0.1, -0.05) is 36.8 Å². The number of benzene rings is 1. The van der Waals surface area contributed by atoms with E-state index >= 15 is 0 Å². The zero-order chi connectivity index (χ0) is 22.8. The number of guanidine groups is 1. The molecule has 1 aromatic heterocycles. The van der Waals surface area contributed by atoms with Gasteiger partial charge in [0.15, 0.2) is 0 Å². The fraction of sp³-hybridized carbons (Fsp3) is 0.364. The molecule has 0 unspecified atom stereocenters. The maximum Gasteiger partial charge on any atom is 0.321 e. The van der Waals surface area contributed by atoms with Crippen LogP contribution in [0, 0.1) is 12.8 Å². The van der Waals surface area contributed by atoms with Crippen LogP contribution in [0.15, 0.2) is 47.6 Å². The number of ether oxygens (including phenoxy) is 1. The van der Waals surface area contributed by atoms with Gasteiger partial charge in [-0.25, -0.2) is 14.8 Å². The van der Waals surface area contributed by atoms with Crippen molar-refractivity contribution in [3.05, 3.63) is 53.7 Å². The molecule has 9 heteroatoms. The van der Waals surface area contributed by atoms with Gasteiger partial charge in [-0.05, 0) is 32.4 Å². The molecular formula is C22H29N5O4. The Balaban J connectivity index is 2.08. The summed E-state index contributed by atoms with van der Waals surface area (Å²) in [5.74, 6) is -0.988. The van der Waals surface area contributed by atoms with Gasteiger partial charge in [-0.3, -0.25) is 10.1 Å². The molecule has 2 amide bonds. The topological polar surface area (TPSA) is 125 Å². The standard InChI is InChI=1S/C22H29N5O4/c1-14(2)31-19-10-9-18(13-23-19)26-21(24-12-17-7-5-15(3)6-8-17)27-22(30)25-11-16(4)20(28)29/h5-10,13-14,16H,11-12H2,1-4H3,(H,28,29)(H3,24,25,26,27,30)/t16-/m0/s1. The number of carbonyl (C=O) groups excluding carboxylic acids is 1.